The largest absolute Gasteiger partial charge is 0.390 e. The monoisotopic (exact) mass is 376 g/mol. The lowest BCUT2D eigenvalue weighted by Crippen LogP contribution is -2.46. The zero-order chi connectivity index (χ0) is 16.0. The van der Waals surface area contributed by atoms with E-state index < -0.39 is 6.10 Å². The lowest BCUT2D eigenvalue weighted by molar-refractivity contribution is 0.135. The van der Waals surface area contributed by atoms with Crippen molar-refractivity contribution in [2.45, 2.75) is 70.1 Å². The number of hydrogen-bond acceptors (Lipinski definition) is 3. The predicted molar refractivity (Wildman–Crippen MR) is 107 cm³/mol. The predicted octanol–water partition coefficient (Wildman–Crippen LogP) is 3.71. The van der Waals surface area contributed by atoms with Gasteiger partial charge >= 0.3 is 0 Å². The van der Waals surface area contributed by atoms with E-state index >= 15 is 0 Å². The molecule has 140 valence electrons. The Morgan fingerprint density at radius 1 is 1.17 bits per heavy atom. The molecule has 1 aromatic rings. The molecule has 0 aliphatic heterocycles. The van der Waals surface area contributed by atoms with Crippen LogP contribution in [-0.2, 0) is 6.42 Å². The molecule has 2 rings (SSSR count). The van der Waals surface area contributed by atoms with Crippen molar-refractivity contribution in [1.82, 2.24) is 5.32 Å². The molecule has 3 nitrogen and oxygen atoms in total. The number of halogens is 2. The minimum absolute atomic E-state index is 0. The Morgan fingerprint density at radius 3 is 2.33 bits per heavy atom. The molecule has 0 amide bonds. The first kappa shape index (κ1) is 23.7. The highest BCUT2D eigenvalue weighted by Gasteiger charge is 2.41. The first-order chi connectivity index (χ1) is 10.5. The van der Waals surface area contributed by atoms with Crippen LogP contribution in [0.25, 0.3) is 0 Å². The topological polar surface area (TPSA) is 58.3 Å². The Balaban J connectivity index is 0.00000264. The fourth-order valence-corrected chi connectivity index (χ4v) is 3.01. The summed E-state index contributed by atoms with van der Waals surface area (Å²) in [7, 11) is 0. The molecule has 0 bridgehead atoms. The molecule has 5 heteroatoms. The highest BCUT2D eigenvalue weighted by atomic mass is 35.5. The van der Waals surface area contributed by atoms with Crippen molar-refractivity contribution in [3.8, 4) is 0 Å². The molecule has 24 heavy (non-hydrogen) atoms. The molecule has 1 aromatic carbocycles. The smallest absolute Gasteiger partial charge is 0.0818 e. The molecule has 1 aliphatic carbocycles. The van der Waals surface area contributed by atoms with Gasteiger partial charge in [0.1, 0.15) is 0 Å². The Labute approximate surface area is 159 Å². The van der Waals surface area contributed by atoms with Crippen molar-refractivity contribution < 1.29 is 5.11 Å². The summed E-state index contributed by atoms with van der Waals surface area (Å²) in [5, 5.41) is 13.9. The molecule has 2 atom stereocenters. The van der Waals surface area contributed by atoms with Crippen molar-refractivity contribution >= 4 is 24.8 Å². The van der Waals surface area contributed by atoms with Gasteiger partial charge in [-0.1, -0.05) is 57.0 Å². The highest BCUT2D eigenvalue weighted by molar-refractivity contribution is 5.85. The number of aliphatic hydroxyl groups is 1. The van der Waals surface area contributed by atoms with Crippen molar-refractivity contribution in [3.63, 3.8) is 0 Å². The lowest BCUT2D eigenvalue weighted by atomic mass is 10.00. The van der Waals surface area contributed by atoms with Gasteiger partial charge in [-0.15, -0.1) is 24.8 Å². The molecular weight excluding hydrogens is 343 g/mol. The summed E-state index contributed by atoms with van der Waals surface area (Å²) in [6.07, 6.45) is 6.52. The van der Waals surface area contributed by atoms with Gasteiger partial charge in [-0.3, -0.25) is 0 Å². The van der Waals surface area contributed by atoms with Crippen LogP contribution < -0.4 is 11.1 Å². The van der Waals surface area contributed by atoms with Gasteiger partial charge in [-0.2, -0.15) is 0 Å². The van der Waals surface area contributed by atoms with Crippen LogP contribution in [-0.4, -0.2) is 29.3 Å². The Hall–Kier alpha value is -0.320. The van der Waals surface area contributed by atoms with Crippen LogP contribution in [0.5, 0.6) is 0 Å². The number of nitrogens with two attached hydrogens (primary N) is 1. The van der Waals surface area contributed by atoms with Crippen molar-refractivity contribution in [2.24, 2.45) is 11.7 Å². The molecule has 0 unspecified atom stereocenters. The van der Waals surface area contributed by atoms with Crippen molar-refractivity contribution in [3.05, 3.63) is 35.9 Å². The maximum absolute atomic E-state index is 10.3. The van der Waals surface area contributed by atoms with Gasteiger partial charge in [0.25, 0.3) is 0 Å². The summed E-state index contributed by atoms with van der Waals surface area (Å²) in [4.78, 5) is 0. The van der Waals surface area contributed by atoms with Gasteiger partial charge in [0, 0.05) is 18.1 Å². The number of aliphatic hydroxyl groups excluding tert-OH is 1. The number of hydrogen-bond donors (Lipinski definition) is 3. The van der Waals surface area contributed by atoms with Crippen LogP contribution in [0.4, 0.5) is 0 Å². The summed E-state index contributed by atoms with van der Waals surface area (Å²) >= 11 is 0. The Kier molecular flexibility index (Phi) is 11.2. The molecule has 1 saturated carbocycles. The highest BCUT2D eigenvalue weighted by Crippen LogP contribution is 2.40. The van der Waals surface area contributed by atoms with Crippen LogP contribution in [0.2, 0.25) is 0 Å². The zero-order valence-electron chi connectivity index (χ0n) is 14.9. The summed E-state index contributed by atoms with van der Waals surface area (Å²) < 4.78 is 0. The van der Waals surface area contributed by atoms with Gasteiger partial charge in [-0.25, -0.2) is 0 Å². The van der Waals surface area contributed by atoms with E-state index in [0.717, 1.165) is 12.3 Å². The zero-order valence-corrected chi connectivity index (χ0v) is 16.5. The lowest BCUT2D eigenvalue weighted by Gasteiger charge is -2.24. The Morgan fingerprint density at radius 2 is 1.79 bits per heavy atom. The summed E-state index contributed by atoms with van der Waals surface area (Å²) in [6, 6.07) is 9.95. The minimum Gasteiger partial charge on any atom is -0.390 e. The van der Waals surface area contributed by atoms with Gasteiger partial charge in [0.15, 0.2) is 0 Å². The van der Waals surface area contributed by atoms with E-state index in [9.17, 15) is 5.11 Å². The standard InChI is InChI=1S/C19H32N2O.2ClH/c1-15(2)7-6-10-19(11-12-19)21-14-18(22)17(20)13-16-8-4-3-5-9-16;;/h3-5,8-9,15,17-18,21-22H,6-7,10-14,20H2,1-2H3;2*1H/t17-,18+;;/m0../s1. The fraction of sp³-hybridized carbons (Fsp3) is 0.684. The van der Waals surface area contributed by atoms with Gasteiger partial charge in [0.05, 0.1) is 6.10 Å². The van der Waals surface area contributed by atoms with E-state index in [2.05, 4.69) is 31.3 Å². The first-order valence-corrected chi connectivity index (χ1v) is 8.73. The van der Waals surface area contributed by atoms with E-state index in [-0.39, 0.29) is 30.9 Å². The van der Waals surface area contributed by atoms with Gasteiger partial charge < -0.3 is 16.2 Å². The molecule has 1 aliphatic rings. The van der Waals surface area contributed by atoms with E-state index in [0.29, 0.717) is 12.1 Å². The molecular formula is C19H34Cl2N2O. The third-order valence-electron chi connectivity index (χ3n) is 4.79. The molecule has 4 N–H and O–H groups in total. The quantitative estimate of drug-likeness (QED) is 0.583. The second-order valence-electron chi connectivity index (χ2n) is 7.37. The van der Waals surface area contributed by atoms with Crippen LogP contribution in [0.3, 0.4) is 0 Å². The van der Waals surface area contributed by atoms with Gasteiger partial charge in [0.2, 0.25) is 0 Å². The average molecular weight is 377 g/mol. The third-order valence-corrected chi connectivity index (χ3v) is 4.79. The van der Waals surface area contributed by atoms with E-state index in [1.807, 2.05) is 18.2 Å². The number of β-amino-alcohol motifs (C(OH)–C–C–N with tert-alkyl or cyclic N) is 1. The van der Waals surface area contributed by atoms with E-state index in [4.69, 9.17) is 5.73 Å². The SMILES string of the molecule is CC(C)CCCC1(NC[C@@H](O)[C@@H](N)Cc2ccccc2)CC1.Cl.Cl. The van der Waals surface area contributed by atoms with Crippen LogP contribution in [0.1, 0.15) is 51.5 Å². The van der Waals surface area contributed by atoms with E-state index in [1.165, 1.54) is 37.7 Å². The van der Waals surface area contributed by atoms with Crippen LogP contribution in [0, 0.1) is 5.92 Å². The van der Waals surface area contributed by atoms with E-state index in [1.54, 1.807) is 0 Å². The summed E-state index contributed by atoms with van der Waals surface area (Å²) in [6.45, 7) is 5.16. The number of benzene rings is 1. The average Bonchev–Trinajstić information content (AvgIpc) is 3.26. The minimum atomic E-state index is -0.484. The fourth-order valence-electron chi connectivity index (χ4n) is 3.01. The van der Waals surface area contributed by atoms with Crippen molar-refractivity contribution in [2.75, 3.05) is 6.54 Å². The van der Waals surface area contributed by atoms with Gasteiger partial charge in [-0.05, 0) is 37.2 Å². The number of nitrogens with one attached hydrogen (secondary N) is 1. The summed E-state index contributed by atoms with van der Waals surface area (Å²) in [5.41, 5.74) is 7.63. The molecule has 0 saturated heterocycles. The maximum Gasteiger partial charge on any atom is 0.0818 e. The molecule has 1 fully saturated rings. The summed E-state index contributed by atoms with van der Waals surface area (Å²) in [5.74, 6) is 0.778. The molecule has 0 heterocycles. The first-order valence-electron chi connectivity index (χ1n) is 8.73. The second kappa shape index (κ2) is 11.3. The third kappa shape index (κ3) is 8.17. The second-order valence-corrected chi connectivity index (χ2v) is 7.37. The molecule has 0 spiro atoms. The molecule has 0 aromatic heterocycles. The normalized spacial score (nSPS) is 17.5. The van der Waals surface area contributed by atoms with Crippen LogP contribution in [0.15, 0.2) is 30.3 Å². The Bertz CT molecular complexity index is 438. The van der Waals surface area contributed by atoms with Crippen molar-refractivity contribution in [1.29, 1.82) is 0 Å². The number of rotatable bonds is 10. The maximum atomic E-state index is 10.3. The van der Waals surface area contributed by atoms with Crippen LogP contribution >= 0.6 is 24.8 Å². The molecule has 0 radical (unpaired) electrons.